The van der Waals surface area contributed by atoms with Gasteiger partial charge in [-0.1, -0.05) is 19.9 Å². The number of hydrogen-bond donors (Lipinski definition) is 3. The summed E-state index contributed by atoms with van der Waals surface area (Å²) in [4.78, 5) is 24.6. The van der Waals surface area contributed by atoms with Gasteiger partial charge in [0.25, 0.3) is 5.91 Å². The van der Waals surface area contributed by atoms with Crippen molar-refractivity contribution in [2.24, 2.45) is 11.7 Å². The minimum absolute atomic E-state index is 0. The Bertz CT molecular complexity index is 410. The van der Waals surface area contributed by atoms with Gasteiger partial charge >= 0.3 is 0 Å². The fraction of sp³-hybridized carbons (Fsp3) is 0.538. The minimum atomic E-state index is -0.521. The molecule has 1 aromatic rings. The zero-order valence-corrected chi connectivity index (χ0v) is 13.4. The molecule has 0 bridgehead atoms. The summed E-state index contributed by atoms with van der Waals surface area (Å²) in [6.45, 7) is 4.88. The van der Waals surface area contributed by atoms with Crippen LogP contribution in [0, 0.1) is 5.92 Å². The first-order valence-corrected chi connectivity index (χ1v) is 7.26. The van der Waals surface area contributed by atoms with Crippen molar-refractivity contribution in [1.82, 2.24) is 10.6 Å². The van der Waals surface area contributed by atoms with Crippen LogP contribution in [0.2, 0.25) is 0 Å². The Hall–Kier alpha value is -1.11. The molecule has 0 saturated heterocycles. The van der Waals surface area contributed by atoms with Crippen molar-refractivity contribution in [1.29, 1.82) is 0 Å². The molecule has 0 spiro atoms. The number of nitrogens with two attached hydrogens (primary N) is 1. The maximum atomic E-state index is 12.0. The maximum Gasteiger partial charge on any atom is 0.262 e. The number of halogens is 1. The molecule has 0 fully saturated rings. The predicted molar refractivity (Wildman–Crippen MR) is 84.3 cm³/mol. The largest absolute Gasteiger partial charge is 0.354 e. The number of hydrogen-bond acceptors (Lipinski definition) is 4. The van der Waals surface area contributed by atoms with Gasteiger partial charge in [0, 0.05) is 6.54 Å². The summed E-state index contributed by atoms with van der Waals surface area (Å²) in [5, 5.41) is 7.39. The molecule has 0 saturated carbocycles. The second-order valence-corrected chi connectivity index (χ2v) is 5.55. The van der Waals surface area contributed by atoms with E-state index in [-0.39, 0.29) is 30.1 Å². The number of carbonyl (C=O) groups is 2. The van der Waals surface area contributed by atoms with Gasteiger partial charge in [-0.25, -0.2) is 0 Å². The SMILES string of the molecule is CC(C)C(NC(=O)c1cccs1)C(=O)NCCCN.Cl. The molecule has 0 radical (unpaired) electrons. The van der Waals surface area contributed by atoms with Crippen molar-refractivity contribution in [3.05, 3.63) is 22.4 Å². The van der Waals surface area contributed by atoms with Crippen LogP contribution in [0.5, 0.6) is 0 Å². The van der Waals surface area contributed by atoms with Crippen molar-refractivity contribution in [3.8, 4) is 0 Å². The molecule has 1 unspecified atom stereocenters. The third-order valence-electron chi connectivity index (χ3n) is 2.66. The summed E-state index contributed by atoms with van der Waals surface area (Å²) in [5.41, 5.74) is 5.38. The monoisotopic (exact) mass is 319 g/mol. The molecular weight excluding hydrogens is 298 g/mol. The molecule has 0 aliphatic heterocycles. The first-order chi connectivity index (χ1) is 9.06. The first-order valence-electron chi connectivity index (χ1n) is 6.38. The van der Waals surface area contributed by atoms with Crippen LogP contribution < -0.4 is 16.4 Å². The first kappa shape index (κ1) is 18.9. The second kappa shape index (κ2) is 9.74. The molecule has 4 N–H and O–H groups in total. The number of thiophene rings is 1. The highest BCUT2D eigenvalue weighted by atomic mass is 35.5. The summed E-state index contributed by atoms with van der Waals surface area (Å²) >= 11 is 1.36. The van der Waals surface area contributed by atoms with Crippen molar-refractivity contribution in [2.45, 2.75) is 26.3 Å². The normalized spacial score (nSPS) is 11.6. The lowest BCUT2D eigenvalue weighted by molar-refractivity contribution is -0.123. The average molecular weight is 320 g/mol. The van der Waals surface area contributed by atoms with Crippen molar-refractivity contribution >= 4 is 35.6 Å². The van der Waals surface area contributed by atoms with Crippen LogP contribution in [0.25, 0.3) is 0 Å². The van der Waals surface area contributed by atoms with E-state index in [0.717, 1.165) is 6.42 Å². The van der Waals surface area contributed by atoms with Gasteiger partial charge in [0.2, 0.25) is 5.91 Å². The van der Waals surface area contributed by atoms with Crippen LogP contribution in [0.3, 0.4) is 0 Å². The molecule has 0 aliphatic rings. The second-order valence-electron chi connectivity index (χ2n) is 4.61. The fourth-order valence-corrected chi connectivity index (χ4v) is 2.21. The Morgan fingerprint density at radius 2 is 2.10 bits per heavy atom. The minimum Gasteiger partial charge on any atom is -0.354 e. The summed E-state index contributed by atoms with van der Waals surface area (Å²) < 4.78 is 0. The highest BCUT2D eigenvalue weighted by Gasteiger charge is 2.24. The van der Waals surface area contributed by atoms with Crippen LogP contribution in [0.15, 0.2) is 17.5 Å². The maximum absolute atomic E-state index is 12.0. The van der Waals surface area contributed by atoms with Crippen LogP contribution in [-0.4, -0.2) is 30.9 Å². The fourth-order valence-electron chi connectivity index (χ4n) is 1.58. The van der Waals surface area contributed by atoms with Crippen LogP contribution >= 0.6 is 23.7 Å². The van der Waals surface area contributed by atoms with Gasteiger partial charge in [-0.2, -0.15) is 0 Å². The molecule has 5 nitrogen and oxygen atoms in total. The third kappa shape index (κ3) is 5.90. The predicted octanol–water partition coefficient (Wildman–Crippen LogP) is 1.39. The smallest absolute Gasteiger partial charge is 0.262 e. The Morgan fingerprint density at radius 3 is 2.60 bits per heavy atom. The van der Waals surface area contributed by atoms with Gasteiger partial charge in [0.1, 0.15) is 6.04 Å². The summed E-state index contributed by atoms with van der Waals surface area (Å²) in [6, 6.07) is 3.03. The molecule has 2 amide bonds. The molecular formula is C13H22ClN3O2S. The van der Waals surface area contributed by atoms with E-state index < -0.39 is 6.04 Å². The van der Waals surface area contributed by atoms with Crippen LogP contribution in [0.1, 0.15) is 29.9 Å². The molecule has 1 rings (SSSR count). The molecule has 1 aromatic heterocycles. The van der Waals surface area contributed by atoms with Gasteiger partial charge in [-0.3, -0.25) is 9.59 Å². The van der Waals surface area contributed by atoms with E-state index >= 15 is 0 Å². The van der Waals surface area contributed by atoms with Crippen LogP contribution in [-0.2, 0) is 4.79 Å². The van der Waals surface area contributed by atoms with Gasteiger partial charge < -0.3 is 16.4 Å². The Balaban J connectivity index is 0.00000361. The van der Waals surface area contributed by atoms with Crippen molar-refractivity contribution in [3.63, 3.8) is 0 Å². The molecule has 1 atom stereocenters. The topological polar surface area (TPSA) is 84.2 Å². The van der Waals surface area contributed by atoms with Gasteiger partial charge in [0.05, 0.1) is 4.88 Å². The van der Waals surface area contributed by atoms with E-state index in [9.17, 15) is 9.59 Å². The Kier molecular flexibility index (Phi) is 9.20. The quantitative estimate of drug-likeness (QED) is 0.664. The number of rotatable bonds is 7. The molecule has 114 valence electrons. The summed E-state index contributed by atoms with van der Waals surface area (Å²) in [5.74, 6) is -0.335. The standard InChI is InChI=1S/C13H21N3O2S.ClH/c1-9(2)11(13(18)15-7-4-6-14)16-12(17)10-5-3-8-19-10;/h3,5,8-9,11H,4,6-7,14H2,1-2H3,(H,15,18)(H,16,17);1H. The van der Waals surface area contributed by atoms with Crippen molar-refractivity contribution < 1.29 is 9.59 Å². The Morgan fingerprint density at radius 1 is 1.40 bits per heavy atom. The van der Waals surface area contributed by atoms with Gasteiger partial charge in [-0.15, -0.1) is 23.7 Å². The highest BCUT2D eigenvalue weighted by molar-refractivity contribution is 7.12. The van der Waals surface area contributed by atoms with Crippen LogP contribution in [0.4, 0.5) is 0 Å². The van der Waals surface area contributed by atoms with E-state index in [4.69, 9.17) is 5.73 Å². The molecule has 20 heavy (non-hydrogen) atoms. The summed E-state index contributed by atoms with van der Waals surface area (Å²) in [7, 11) is 0. The lowest BCUT2D eigenvalue weighted by atomic mass is 10.0. The average Bonchev–Trinajstić information content (AvgIpc) is 2.89. The van der Waals surface area contributed by atoms with E-state index in [0.29, 0.717) is 18.0 Å². The summed E-state index contributed by atoms with van der Waals surface area (Å²) in [6.07, 6.45) is 0.732. The number of amides is 2. The van der Waals surface area contributed by atoms with E-state index in [1.54, 1.807) is 6.07 Å². The highest BCUT2D eigenvalue weighted by Crippen LogP contribution is 2.10. The lowest BCUT2D eigenvalue weighted by Crippen LogP contribution is -2.49. The molecule has 0 aromatic carbocycles. The van der Waals surface area contributed by atoms with E-state index in [2.05, 4.69) is 10.6 Å². The lowest BCUT2D eigenvalue weighted by Gasteiger charge is -2.21. The zero-order valence-electron chi connectivity index (χ0n) is 11.7. The molecule has 1 heterocycles. The van der Waals surface area contributed by atoms with Gasteiger partial charge in [-0.05, 0) is 30.3 Å². The third-order valence-corrected chi connectivity index (χ3v) is 3.53. The van der Waals surface area contributed by atoms with Gasteiger partial charge in [0.15, 0.2) is 0 Å². The zero-order chi connectivity index (χ0) is 14.3. The van der Waals surface area contributed by atoms with Crippen molar-refractivity contribution in [2.75, 3.05) is 13.1 Å². The van der Waals surface area contributed by atoms with E-state index in [1.807, 2.05) is 25.3 Å². The Labute approximate surface area is 129 Å². The number of nitrogens with one attached hydrogen (secondary N) is 2. The molecule has 7 heteroatoms. The molecule has 0 aliphatic carbocycles. The van der Waals surface area contributed by atoms with E-state index in [1.165, 1.54) is 11.3 Å². The number of carbonyl (C=O) groups excluding carboxylic acids is 2.